The van der Waals surface area contributed by atoms with Crippen molar-refractivity contribution in [1.29, 1.82) is 0 Å². The van der Waals surface area contributed by atoms with Crippen LogP contribution < -0.4 is 11.1 Å². The van der Waals surface area contributed by atoms with Gasteiger partial charge in [0.05, 0.1) is 11.4 Å². The van der Waals surface area contributed by atoms with Gasteiger partial charge in [0.15, 0.2) is 0 Å². The fourth-order valence-electron chi connectivity index (χ4n) is 1.34. The van der Waals surface area contributed by atoms with Crippen molar-refractivity contribution in [1.82, 2.24) is 0 Å². The van der Waals surface area contributed by atoms with Crippen LogP contribution in [0.5, 0.6) is 0 Å². The van der Waals surface area contributed by atoms with E-state index in [-0.39, 0.29) is 11.9 Å². The van der Waals surface area contributed by atoms with Crippen molar-refractivity contribution in [2.24, 2.45) is 0 Å². The van der Waals surface area contributed by atoms with Crippen molar-refractivity contribution in [2.45, 2.75) is 33.2 Å². The van der Waals surface area contributed by atoms with Gasteiger partial charge in [-0.1, -0.05) is 6.92 Å². The number of nitrogen functional groups attached to an aromatic ring is 1. The van der Waals surface area contributed by atoms with E-state index < -0.39 is 0 Å². The van der Waals surface area contributed by atoms with Crippen molar-refractivity contribution in [3.05, 3.63) is 23.5 Å². The van der Waals surface area contributed by atoms with Gasteiger partial charge in [0.1, 0.15) is 5.82 Å². The van der Waals surface area contributed by atoms with E-state index >= 15 is 0 Å². The van der Waals surface area contributed by atoms with E-state index in [1.54, 1.807) is 6.07 Å². The average Bonchev–Trinajstić information content (AvgIpc) is 2.10. The van der Waals surface area contributed by atoms with E-state index in [0.29, 0.717) is 23.4 Å². The Morgan fingerprint density at radius 3 is 2.57 bits per heavy atom. The summed E-state index contributed by atoms with van der Waals surface area (Å²) in [5.74, 6) is -0.190. The maximum Gasteiger partial charge on any atom is 0.128 e. The van der Waals surface area contributed by atoms with Gasteiger partial charge >= 0.3 is 0 Å². The molecular weight excluding hydrogens is 179 g/mol. The van der Waals surface area contributed by atoms with Crippen LogP contribution in [-0.2, 0) is 6.42 Å². The van der Waals surface area contributed by atoms with E-state index in [1.807, 2.05) is 20.8 Å². The van der Waals surface area contributed by atoms with E-state index in [0.717, 1.165) is 0 Å². The maximum atomic E-state index is 13.4. The van der Waals surface area contributed by atoms with Crippen molar-refractivity contribution < 1.29 is 4.39 Å². The minimum atomic E-state index is -0.190. The number of aryl methyl sites for hydroxylation is 1. The molecule has 0 radical (unpaired) electrons. The van der Waals surface area contributed by atoms with Crippen LogP contribution in [0.2, 0.25) is 0 Å². The van der Waals surface area contributed by atoms with Gasteiger partial charge < -0.3 is 11.1 Å². The quantitative estimate of drug-likeness (QED) is 0.729. The standard InChI is InChI=1S/C11H17FN2/c1-4-8-5-10(13)11(6-9(8)12)14-7(2)3/h5-7,14H,4,13H2,1-3H3. The molecule has 0 aliphatic rings. The summed E-state index contributed by atoms with van der Waals surface area (Å²) < 4.78 is 13.4. The highest BCUT2D eigenvalue weighted by atomic mass is 19.1. The Hall–Kier alpha value is -1.25. The van der Waals surface area contributed by atoms with Crippen molar-refractivity contribution in [3.8, 4) is 0 Å². The number of nitrogens with one attached hydrogen (secondary N) is 1. The molecule has 3 heteroatoms. The molecule has 0 aliphatic carbocycles. The zero-order chi connectivity index (χ0) is 10.7. The highest BCUT2D eigenvalue weighted by Gasteiger charge is 2.06. The summed E-state index contributed by atoms with van der Waals surface area (Å²) in [6, 6.07) is 3.41. The lowest BCUT2D eigenvalue weighted by molar-refractivity contribution is 0.612. The molecule has 0 bridgehead atoms. The highest BCUT2D eigenvalue weighted by molar-refractivity contribution is 5.67. The molecule has 0 aliphatic heterocycles. The average molecular weight is 196 g/mol. The molecule has 14 heavy (non-hydrogen) atoms. The molecule has 0 saturated carbocycles. The molecule has 0 aromatic heterocycles. The maximum absolute atomic E-state index is 13.4. The van der Waals surface area contributed by atoms with Gasteiger partial charge in [0, 0.05) is 6.04 Å². The number of rotatable bonds is 3. The number of hydrogen-bond donors (Lipinski definition) is 2. The zero-order valence-electron chi connectivity index (χ0n) is 8.89. The van der Waals surface area contributed by atoms with Crippen LogP contribution in [0.1, 0.15) is 26.3 Å². The van der Waals surface area contributed by atoms with Crippen LogP contribution in [0.15, 0.2) is 12.1 Å². The Labute approximate surface area is 84.3 Å². The first-order chi connectivity index (χ1) is 6.54. The molecule has 0 saturated heterocycles. The molecule has 0 amide bonds. The van der Waals surface area contributed by atoms with Gasteiger partial charge in [-0.3, -0.25) is 0 Å². The fourth-order valence-corrected chi connectivity index (χ4v) is 1.34. The van der Waals surface area contributed by atoms with Crippen LogP contribution >= 0.6 is 0 Å². The topological polar surface area (TPSA) is 38.0 Å². The Bertz CT molecular complexity index is 321. The summed E-state index contributed by atoms with van der Waals surface area (Å²) in [4.78, 5) is 0. The molecule has 0 fully saturated rings. The molecule has 78 valence electrons. The molecule has 3 N–H and O–H groups in total. The molecule has 0 atom stereocenters. The highest BCUT2D eigenvalue weighted by Crippen LogP contribution is 2.23. The Kier molecular flexibility index (Phi) is 3.33. The first-order valence-corrected chi connectivity index (χ1v) is 4.89. The molecule has 2 nitrogen and oxygen atoms in total. The summed E-state index contributed by atoms with van der Waals surface area (Å²) in [5.41, 5.74) is 7.73. The van der Waals surface area contributed by atoms with Gasteiger partial charge in [0.2, 0.25) is 0 Å². The predicted molar refractivity (Wildman–Crippen MR) is 58.9 cm³/mol. The predicted octanol–water partition coefficient (Wildman–Crippen LogP) is 2.79. The summed E-state index contributed by atoms with van der Waals surface area (Å²) in [6.07, 6.45) is 0.665. The van der Waals surface area contributed by atoms with Gasteiger partial charge in [-0.15, -0.1) is 0 Å². The monoisotopic (exact) mass is 196 g/mol. The Balaban J connectivity index is 3.02. The van der Waals surface area contributed by atoms with Crippen LogP contribution in [-0.4, -0.2) is 6.04 Å². The van der Waals surface area contributed by atoms with E-state index in [2.05, 4.69) is 5.32 Å². The lowest BCUT2D eigenvalue weighted by atomic mass is 10.1. The molecule has 0 spiro atoms. The third-order valence-corrected chi connectivity index (χ3v) is 2.04. The minimum absolute atomic E-state index is 0.190. The van der Waals surface area contributed by atoms with Gasteiger partial charge in [-0.05, 0) is 38.0 Å². The Morgan fingerprint density at radius 1 is 1.43 bits per heavy atom. The van der Waals surface area contributed by atoms with Crippen molar-refractivity contribution in [2.75, 3.05) is 11.1 Å². The lowest BCUT2D eigenvalue weighted by Crippen LogP contribution is -2.12. The van der Waals surface area contributed by atoms with Gasteiger partial charge in [0.25, 0.3) is 0 Å². The molecule has 1 aromatic carbocycles. The van der Waals surface area contributed by atoms with E-state index in [1.165, 1.54) is 6.07 Å². The van der Waals surface area contributed by atoms with Crippen LogP contribution in [0.3, 0.4) is 0 Å². The number of benzene rings is 1. The van der Waals surface area contributed by atoms with E-state index in [9.17, 15) is 4.39 Å². The van der Waals surface area contributed by atoms with Gasteiger partial charge in [-0.25, -0.2) is 4.39 Å². The summed E-state index contributed by atoms with van der Waals surface area (Å²) >= 11 is 0. The number of hydrogen-bond acceptors (Lipinski definition) is 2. The normalized spacial score (nSPS) is 10.6. The van der Waals surface area contributed by atoms with Gasteiger partial charge in [-0.2, -0.15) is 0 Å². The second kappa shape index (κ2) is 4.31. The Morgan fingerprint density at radius 2 is 2.07 bits per heavy atom. The first kappa shape index (κ1) is 10.8. The molecular formula is C11H17FN2. The number of halogens is 1. The van der Waals surface area contributed by atoms with Crippen molar-refractivity contribution >= 4 is 11.4 Å². The molecule has 0 unspecified atom stereocenters. The van der Waals surface area contributed by atoms with Crippen LogP contribution in [0.4, 0.5) is 15.8 Å². The van der Waals surface area contributed by atoms with E-state index in [4.69, 9.17) is 5.73 Å². The summed E-state index contributed by atoms with van der Waals surface area (Å²) in [6.45, 7) is 5.89. The molecule has 0 heterocycles. The third-order valence-electron chi connectivity index (χ3n) is 2.04. The zero-order valence-corrected chi connectivity index (χ0v) is 8.89. The molecule has 1 aromatic rings. The number of anilines is 2. The second-order valence-electron chi connectivity index (χ2n) is 3.68. The smallest absolute Gasteiger partial charge is 0.128 e. The largest absolute Gasteiger partial charge is 0.397 e. The number of nitrogens with two attached hydrogens (primary N) is 1. The second-order valence-corrected chi connectivity index (χ2v) is 3.68. The lowest BCUT2D eigenvalue weighted by Gasteiger charge is -2.13. The molecule has 1 rings (SSSR count). The minimum Gasteiger partial charge on any atom is -0.397 e. The SMILES string of the molecule is CCc1cc(N)c(NC(C)C)cc1F. The fraction of sp³-hybridized carbons (Fsp3) is 0.455. The summed E-state index contributed by atoms with van der Waals surface area (Å²) in [7, 11) is 0. The first-order valence-electron chi connectivity index (χ1n) is 4.89. The third kappa shape index (κ3) is 2.37. The van der Waals surface area contributed by atoms with Crippen LogP contribution in [0, 0.1) is 5.82 Å². The summed E-state index contributed by atoms with van der Waals surface area (Å²) in [5, 5.41) is 3.10. The van der Waals surface area contributed by atoms with Crippen LogP contribution in [0.25, 0.3) is 0 Å². The van der Waals surface area contributed by atoms with Crippen molar-refractivity contribution in [3.63, 3.8) is 0 Å².